The molecule has 174 valence electrons. The van der Waals surface area contributed by atoms with Crippen molar-refractivity contribution in [1.29, 1.82) is 0 Å². The topological polar surface area (TPSA) is 89.6 Å². The van der Waals surface area contributed by atoms with E-state index in [1.807, 2.05) is 6.07 Å². The summed E-state index contributed by atoms with van der Waals surface area (Å²) in [7, 11) is -4.02. The van der Waals surface area contributed by atoms with Gasteiger partial charge in [0.15, 0.2) is 0 Å². The van der Waals surface area contributed by atoms with Crippen molar-refractivity contribution in [3.63, 3.8) is 0 Å². The average Bonchev–Trinajstić information content (AvgIpc) is 3.01. The molecule has 1 aromatic rings. The molecule has 3 N–H and O–H groups in total. The Bertz CT molecular complexity index is 916. The number of fused-ring (bicyclic) bond motifs is 5. The van der Waals surface area contributed by atoms with E-state index in [9.17, 15) is 13.5 Å². The highest BCUT2D eigenvalue weighted by Gasteiger charge is 2.63. The zero-order valence-corrected chi connectivity index (χ0v) is 20.1. The number of hydrogen-bond donors (Lipinski definition) is 2. The molecule has 0 amide bonds. The van der Waals surface area contributed by atoms with Crippen LogP contribution in [0.2, 0.25) is 0 Å². The fraction of sp³-hybridized carbons (Fsp3) is 0.760. The van der Waals surface area contributed by atoms with Gasteiger partial charge in [-0.15, -0.1) is 0 Å². The Hall–Kier alpha value is -1.11. The molecule has 0 aliphatic heterocycles. The third-order valence-electron chi connectivity index (χ3n) is 9.13. The molecule has 0 saturated heterocycles. The van der Waals surface area contributed by atoms with E-state index in [4.69, 9.17) is 9.32 Å². The Balaban J connectivity index is 1.77. The van der Waals surface area contributed by atoms with E-state index in [1.54, 1.807) is 6.07 Å². The first-order chi connectivity index (χ1) is 14.6. The number of hydrogen-bond acceptors (Lipinski definition) is 4. The van der Waals surface area contributed by atoms with Crippen molar-refractivity contribution in [2.24, 2.45) is 27.8 Å². The predicted octanol–water partition coefficient (Wildman–Crippen LogP) is 5.07. The second-order valence-corrected chi connectivity index (χ2v) is 11.8. The molecule has 6 heteroatoms. The number of aryl methyl sites for hydroxylation is 1. The van der Waals surface area contributed by atoms with Crippen LogP contribution < -0.4 is 9.32 Å². The van der Waals surface area contributed by atoms with E-state index in [-0.39, 0.29) is 16.9 Å². The van der Waals surface area contributed by atoms with Crippen LogP contribution in [-0.2, 0) is 16.7 Å². The third-order valence-corrected chi connectivity index (χ3v) is 9.56. The fourth-order valence-electron chi connectivity index (χ4n) is 7.92. The van der Waals surface area contributed by atoms with Gasteiger partial charge in [-0.05, 0) is 96.8 Å². The lowest BCUT2D eigenvalue weighted by Crippen LogP contribution is -2.54. The molecule has 5 nitrogen and oxygen atoms in total. The minimum Gasteiger partial charge on any atom is -0.393 e. The zero-order valence-electron chi connectivity index (χ0n) is 19.3. The lowest BCUT2D eigenvalue weighted by molar-refractivity contribution is -0.105. The molecule has 2 saturated carbocycles. The fourth-order valence-corrected chi connectivity index (χ4v) is 8.30. The molecular weight excluding hydrogens is 410 g/mol. The minimum atomic E-state index is -4.02. The van der Waals surface area contributed by atoms with Crippen LogP contribution in [0.1, 0.15) is 95.6 Å². The summed E-state index contributed by atoms with van der Waals surface area (Å²) in [5.41, 5.74) is 2.80. The van der Waals surface area contributed by atoms with Crippen LogP contribution in [0.25, 0.3) is 0 Å². The number of rotatable bonds is 7. The van der Waals surface area contributed by atoms with Gasteiger partial charge in [0.2, 0.25) is 0 Å². The molecule has 3 aliphatic carbocycles. The number of unbranched alkanes of at least 4 members (excludes halogenated alkanes) is 2. The van der Waals surface area contributed by atoms with Crippen molar-refractivity contribution in [3.8, 4) is 5.75 Å². The maximum absolute atomic E-state index is 11.4. The molecule has 0 radical (unpaired) electrons. The lowest BCUT2D eigenvalue weighted by atomic mass is 9.43. The molecule has 0 spiro atoms. The largest absolute Gasteiger partial charge is 0.393 e. The summed E-state index contributed by atoms with van der Waals surface area (Å²) < 4.78 is 27.8. The van der Waals surface area contributed by atoms with Crippen molar-refractivity contribution in [3.05, 3.63) is 29.3 Å². The van der Waals surface area contributed by atoms with E-state index in [2.05, 4.69) is 26.8 Å². The van der Waals surface area contributed by atoms with E-state index < -0.39 is 10.3 Å². The average molecular weight is 450 g/mol. The Labute approximate surface area is 188 Å². The van der Waals surface area contributed by atoms with E-state index >= 15 is 0 Å². The normalized spacial score (nSPS) is 37.1. The Kier molecular flexibility index (Phi) is 6.21. The minimum absolute atomic E-state index is 0.0115. The summed E-state index contributed by atoms with van der Waals surface area (Å²) in [5, 5.41) is 16.1. The van der Waals surface area contributed by atoms with Gasteiger partial charge in [-0.1, -0.05) is 46.1 Å². The highest BCUT2D eigenvalue weighted by molar-refractivity contribution is 7.84. The van der Waals surface area contributed by atoms with Crippen molar-refractivity contribution < 1.29 is 17.7 Å². The highest BCUT2D eigenvalue weighted by atomic mass is 32.2. The van der Waals surface area contributed by atoms with Crippen LogP contribution in [0.4, 0.5) is 0 Å². The maximum Gasteiger partial charge on any atom is 0.380 e. The number of aliphatic hydroxyl groups excluding tert-OH is 1. The first kappa shape index (κ1) is 23.1. The molecule has 0 aromatic heterocycles. The number of nitrogens with two attached hydrogens (primary N) is 1. The molecule has 4 rings (SSSR count). The summed E-state index contributed by atoms with van der Waals surface area (Å²) in [6.07, 6.45) is 11.0. The molecule has 0 unspecified atom stereocenters. The molecule has 0 heterocycles. The van der Waals surface area contributed by atoms with Gasteiger partial charge in [0, 0.05) is 0 Å². The van der Waals surface area contributed by atoms with Gasteiger partial charge in [-0.25, -0.2) is 0 Å². The van der Waals surface area contributed by atoms with Crippen LogP contribution in [0.3, 0.4) is 0 Å². The van der Waals surface area contributed by atoms with Gasteiger partial charge in [-0.2, -0.15) is 13.6 Å². The maximum atomic E-state index is 11.4. The second-order valence-electron chi connectivity index (χ2n) is 10.6. The molecule has 6 atom stereocenters. The van der Waals surface area contributed by atoms with Gasteiger partial charge in [0.05, 0.1) is 6.10 Å². The summed E-state index contributed by atoms with van der Waals surface area (Å²) >= 11 is 0. The van der Waals surface area contributed by atoms with Gasteiger partial charge in [-0.3, -0.25) is 0 Å². The van der Waals surface area contributed by atoms with Gasteiger partial charge < -0.3 is 9.29 Å². The van der Waals surface area contributed by atoms with Gasteiger partial charge >= 0.3 is 10.3 Å². The van der Waals surface area contributed by atoms with Crippen LogP contribution in [-0.4, -0.2) is 19.6 Å². The lowest BCUT2D eigenvalue weighted by Gasteiger charge is -2.61. The molecule has 2 fully saturated rings. The van der Waals surface area contributed by atoms with Crippen LogP contribution in [0.5, 0.6) is 5.75 Å². The molecule has 3 aliphatic rings. The quantitative estimate of drug-likeness (QED) is 0.569. The Morgan fingerprint density at radius 3 is 2.68 bits per heavy atom. The first-order valence-corrected chi connectivity index (χ1v) is 13.6. The predicted molar refractivity (Wildman–Crippen MR) is 123 cm³/mol. The SMILES string of the molecule is CCCCC[C@H]1C[C@@]2(C)[C@@H](CC[C@@H]2O)[C@]2(CC)CCc3cc(OS(N)(=O)=O)ccc3[C@@H]12. The standard InChI is InChI=1S/C25H39NO4S/c1-4-6-7-8-18-16-24(3)21(11-12-22(24)27)25(5-2)14-13-17-15-19(30-31(26,28)29)9-10-20(17)23(18)25/h9-10,15,18,21-23,27H,4-8,11-14,16H2,1-3H3,(H2,26,28,29)/t18-,21+,22-,23+,24-,25-/m0/s1. The monoisotopic (exact) mass is 449 g/mol. The van der Waals surface area contributed by atoms with E-state index in [1.165, 1.54) is 36.8 Å². The van der Waals surface area contributed by atoms with E-state index in [0.717, 1.165) is 38.5 Å². The van der Waals surface area contributed by atoms with Gasteiger partial charge in [0.25, 0.3) is 0 Å². The first-order valence-electron chi connectivity index (χ1n) is 12.2. The van der Waals surface area contributed by atoms with Crippen molar-refractivity contribution in [2.75, 3.05) is 0 Å². The van der Waals surface area contributed by atoms with Gasteiger partial charge in [0.1, 0.15) is 5.75 Å². The van der Waals surface area contributed by atoms with Crippen molar-refractivity contribution >= 4 is 10.3 Å². The Morgan fingerprint density at radius 2 is 2.00 bits per heavy atom. The summed E-state index contributed by atoms with van der Waals surface area (Å²) in [6, 6.07) is 5.76. The van der Waals surface area contributed by atoms with Crippen LogP contribution >= 0.6 is 0 Å². The molecular formula is C25H39NO4S. The molecule has 0 bridgehead atoms. The Morgan fingerprint density at radius 1 is 1.23 bits per heavy atom. The summed E-state index contributed by atoms with van der Waals surface area (Å²) in [6.45, 7) is 6.95. The zero-order chi connectivity index (χ0) is 22.4. The van der Waals surface area contributed by atoms with Crippen LogP contribution in [0, 0.1) is 22.7 Å². The molecule has 1 aromatic carbocycles. The highest BCUT2D eigenvalue weighted by Crippen LogP contribution is 2.70. The van der Waals surface area contributed by atoms with Crippen molar-refractivity contribution in [1.82, 2.24) is 0 Å². The number of benzene rings is 1. The second kappa shape index (κ2) is 8.35. The third kappa shape index (κ3) is 3.93. The summed E-state index contributed by atoms with van der Waals surface area (Å²) in [4.78, 5) is 0. The van der Waals surface area contributed by atoms with Crippen molar-refractivity contribution in [2.45, 2.75) is 97.0 Å². The van der Waals surface area contributed by atoms with Crippen LogP contribution in [0.15, 0.2) is 18.2 Å². The number of aliphatic hydroxyl groups is 1. The molecule has 31 heavy (non-hydrogen) atoms. The van der Waals surface area contributed by atoms with E-state index in [0.29, 0.717) is 23.5 Å². The smallest absolute Gasteiger partial charge is 0.380 e. The summed E-state index contributed by atoms with van der Waals surface area (Å²) in [5.74, 6) is 1.86.